The van der Waals surface area contributed by atoms with Gasteiger partial charge in [-0.05, 0) is 84.5 Å². The van der Waals surface area contributed by atoms with E-state index in [2.05, 4.69) is 27.9 Å². The Balaban J connectivity index is 1.66. The molecular formula is C18H20INO3. The number of hydrogen-bond donors (Lipinski definition) is 1. The van der Waals surface area contributed by atoms with E-state index in [9.17, 15) is 4.79 Å². The SMILES string of the molecule is CCOc1ccc(OCCCC(=O)Nc2ccc(I)cc2)cc1. The van der Waals surface area contributed by atoms with E-state index in [1.807, 2.05) is 55.5 Å². The van der Waals surface area contributed by atoms with Gasteiger partial charge in [-0.25, -0.2) is 0 Å². The molecule has 5 heteroatoms. The summed E-state index contributed by atoms with van der Waals surface area (Å²) >= 11 is 2.23. The van der Waals surface area contributed by atoms with Crippen molar-refractivity contribution in [3.8, 4) is 11.5 Å². The van der Waals surface area contributed by atoms with Crippen molar-refractivity contribution in [1.29, 1.82) is 0 Å². The minimum Gasteiger partial charge on any atom is -0.494 e. The second-order valence-corrected chi connectivity index (χ2v) is 6.16. The van der Waals surface area contributed by atoms with Crippen LogP contribution in [0.15, 0.2) is 48.5 Å². The van der Waals surface area contributed by atoms with Gasteiger partial charge >= 0.3 is 0 Å². The first-order chi connectivity index (χ1) is 11.2. The highest BCUT2D eigenvalue weighted by Crippen LogP contribution is 2.18. The van der Waals surface area contributed by atoms with Crippen molar-refractivity contribution in [2.45, 2.75) is 19.8 Å². The molecule has 0 radical (unpaired) electrons. The highest BCUT2D eigenvalue weighted by atomic mass is 127. The first-order valence-electron chi connectivity index (χ1n) is 7.58. The summed E-state index contributed by atoms with van der Waals surface area (Å²) in [5.74, 6) is 1.62. The quantitative estimate of drug-likeness (QED) is 0.501. The van der Waals surface area contributed by atoms with Gasteiger partial charge in [-0.1, -0.05) is 0 Å². The first kappa shape index (κ1) is 17.6. The Kier molecular flexibility index (Phi) is 7.19. The van der Waals surface area contributed by atoms with Crippen molar-refractivity contribution in [3.05, 3.63) is 52.1 Å². The predicted molar refractivity (Wildman–Crippen MR) is 100 cm³/mol. The Morgan fingerprint density at radius 2 is 1.61 bits per heavy atom. The number of hydrogen-bond acceptors (Lipinski definition) is 3. The average molecular weight is 425 g/mol. The van der Waals surface area contributed by atoms with Gasteiger partial charge in [0.15, 0.2) is 0 Å². The first-order valence-corrected chi connectivity index (χ1v) is 8.66. The molecule has 2 rings (SSSR count). The molecule has 0 saturated carbocycles. The summed E-state index contributed by atoms with van der Waals surface area (Å²) < 4.78 is 12.1. The van der Waals surface area contributed by atoms with Gasteiger partial charge in [0.05, 0.1) is 13.2 Å². The maximum Gasteiger partial charge on any atom is 0.224 e. The molecule has 2 aromatic rings. The number of nitrogens with one attached hydrogen (secondary N) is 1. The van der Waals surface area contributed by atoms with Crippen molar-refractivity contribution in [2.24, 2.45) is 0 Å². The molecule has 0 unspecified atom stereocenters. The van der Waals surface area contributed by atoms with Crippen LogP contribution in [0.3, 0.4) is 0 Å². The summed E-state index contributed by atoms with van der Waals surface area (Å²) in [5.41, 5.74) is 0.822. The Bertz CT molecular complexity index is 611. The number of rotatable bonds is 8. The number of carbonyl (C=O) groups excluding carboxylic acids is 1. The van der Waals surface area contributed by atoms with Crippen molar-refractivity contribution in [2.75, 3.05) is 18.5 Å². The summed E-state index contributed by atoms with van der Waals surface area (Å²) in [5, 5.41) is 2.87. The fraction of sp³-hybridized carbons (Fsp3) is 0.278. The maximum atomic E-state index is 11.8. The second kappa shape index (κ2) is 9.39. The summed E-state index contributed by atoms with van der Waals surface area (Å²) in [7, 11) is 0. The minimum absolute atomic E-state index is 0.00139. The van der Waals surface area contributed by atoms with Gasteiger partial charge in [0.25, 0.3) is 0 Å². The van der Waals surface area contributed by atoms with Crippen LogP contribution < -0.4 is 14.8 Å². The highest BCUT2D eigenvalue weighted by Gasteiger charge is 2.03. The van der Waals surface area contributed by atoms with Crippen LogP contribution in [0, 0.1) is 3.57 Å². The zero-order valence-electron chi connectivity index (χ0n) is 13.0. The third-order valence-electron chi connectivity index (χ3n) is 3.08. The zero-order valence-corrected chi connectivity index (χ0v) is 15.2. The smallest absolute Gasteiger partial charge is 0.224 e. The molecule has 2 aromatic carbocycles. The maximum absolute atomic E-state index is 11.8. The molecule has 0 aliphatic rings. The molecule has 4 nitrogen and oxygen atoms in total. The number of halogens is 1. The lowest BCUT2D eigenvalue weighted by atomic mass is 10.2. The summed E-state index contributed by atoms with van der Waals surface area (Å²) in [6, 6.07) is 15.2. The Morgan fingerprint density at radius 3 is 2.22 bits per heavy atom. The van der Waals surface area contributed by atoms with Crippen LogP contribution in [0.25, 0.3) is 0 Å². The number of amides is 1. The van der Waals surface area contributed by atoms with Gasteiger partial charge < -0.3 is 14.8 Å². The third-order valence-corrected chi connectivity index (χ3v) is 3.80. The molecule has 0 heterocycles. The molecule has 0 aliphatic carbocycles. The normalized spacial score (nSPS) is 10.2. The van der Waals surface area contributed by atoms with E-state index < -0.39 is 0 Å². The number of ether oxygens (including phenoxy) is 2. The molecule has 0 fully saturated rings. The fourth-order valence-corrected chi connectivity index (χ4v) is 2.34. The standard InChI is InChI=1S/C18H20INO3/c1-2-22-16-9-11-17(12-10-16)23-13-3-4-18(21)20-15-7-5-14(19)6-8-15/h5-12H,2-4,13H2,1H3,(H,20,21). The third kappa shape index (κ3) is 6.48. The molecule has 1 N–H and O–H groups in total. The summed E-state index contributed by atoms with van der Waals surface area (Å²) in [6.45, 7) is 3.11. The minimum atomic E-state index is 0.00139. The lowest BCUT2D eigenvalue weighted by Crippen LogP contribution is -2.12. The van der Waals surface area contributed by atoms with Crippen molar-refractivity contribution in [3.63, 3.8) is 0 Å². The van der Waals surface area contributed by atoms with Crippen molar-refractivity contribution in [1.82, 2.24) is 0 Å². The topological polar surface area (TPSA) is 47.6 Å². The van der Waals surface area contributed by atoms with Gasteiger partial charge in [-0.2, -0.15) is 0 Å². The van der Waals surface area contributed by atoms with Crippen molar-refractivity contribution < 1.29 is 14.3 Å². The Morgan fingerprint density at radius 1 is 1.00 bits per heavy atom. The average Bonchev–Trinajstić information content (AvgIpc) is 2.55. The van der Waals surface area contributed by atoms with E-state index in [0.717, 1.165) is 20.8 Å². The highest BCUT2D eigenvalue weighted by molar-refractivity contribution is 14.1. The van der Waals surface area contributed by atoms with Crippen LogP contribution in [-0.4, -0.2) is 19.1 Å². The van der Waals surface area contributed by atoms with E-state index in [-0.39, 0.29) is 5.91 Å². The van der Waals surface area contributed by atoms with E-state index in [4.69, 9.17) is 9.47 Å². The van der Waals surface area contributed by atoms with E-state index in [1.54, 1.807) is 0 Å². The van der Waals surface area contributed by atoms with Crippen LogP contribution in [0.2, 0.25) is 0 Å². The van der Waals surface area contributed by atoms with Crippen LogP contribution in [-0.2, 0) is 4.79 Å². The number of anilines is 1. The van der Waals surface area contributed by atoms with E-state index >= 15 is 0 Å². The Labute approximate surface area is 150 Å². The van der Waals surface area contributed by atoms with Crippen LogP contribution in [0.1, 0.15) is 19.8 Å². The monoisotopic (exact) mass is 425 g/mol. The van der Waals surface area contributed by atoms with Gasteiger partial charge in [0.1, 0.15) is 11.5 Å². The molecule has 0 bridgehead atoms. The Hall–Kier alpha value is -1.76. The fourth-order valence-electron chi connectivity index (χ4n) is 1.98. The van der Waals surface area contributed by atoms with Gasteiger partial charge in [-0.15, -0.1) is 0 Å². The van der Waals surface area contributed by atoms with Crippen LogP contribution >= 0.6 is 22.6 Å². The lowest BCUT2D eigenvalue weighted by molar-refractivity contribution is -0.116. The molecular weight excluding hydrogens is 405 g/mol. The number of carbonyl (C=O) groups is 1. The molecule has 0 saturated heterocycles. The van der Waals surface area contributed by atoms with Gasteiger partial charge in [-0.3, -0.25) is 4.79 Å². The van der Waals surface area contributed by atoms with Gasteiger partial charge in [0.2, 0.25) is 5.91 Å². The molecule has 0 spiro atoms. The molecule has 23 heavy (non-hydrogen) atoms. The van der Waals surface area contributed by atoms with Crippen LogP contribution in [0.5, 0.6) is 11.5 Å². The van der Waals surface area contributed by atoms with Gasteiger partial charge in [0, 0.05) is 15.7 Å². The predicted octanol–water partition coefficient (Wildman–Crippen LogP) is 4.49. The molecule has 0 atom stereocenters. The number of benzene rings is 2. The summed E-state index contributed by atoms with van der Waals surface area (Å²) in [4.78, 5) is 11.8. The van der Waals surface area contributed by atoms with E-state index in [1.165, 1.54) is 0 Å². The van der Waals surface area contributed by atoms with Crippen molar-refractivity contribution >= 4 is 34.2 Å². The van der Waals surface area contributed by atoms with Crippen LogP contribution in [0.4, 0.5) is 5.69 Å². The summed E-state index contributed by atoms with van der Waals surface area (Å²) in [6.07, 6.45) is 1.10. The zero-order chi connectivity index (χ0) is 16.5. The molecule has 0 aromatic heterocycles. The van der Waals surface area contributed by atoms with E-state index in [0.29, 0.717) is 26.1 Å². The molecule has 1 amide bonds. The molecule has 122 valence electrons. The molecule has 0 aliphatic heterocycles. The second-order valence-electron chi connectivity index (χ2n) is 4.91. The largest absolute Gasteiger partial charge is 0.494 e. The lowest BCUT2D eigenvalue weighted by Gasteiger charge is -2.08.